The summed E-state index contributed by atoms with van der Waals surface area (Å²) >= 11 is 1.34. The van der Waals surface area contributed by atoms with Crippen molar-refractivity contribution in [3.63, 3.8) is 0 Å². The lowest BCUT2D eigenvalue weighted by molar-refractivity contribution is -0.153. The number of nitrogens with one attached hydrogen (secondary N) is 1. The lowest BCUT2D eigenvalue weighted by atomic mass is 10.2. The first-order valence-corrected chi connectivity index (χ1v) is 7.97. The molecule has 0 saturated heterocycles. The molecule has 0 aliphatic rings. The van der Waals surface area contributed by atoms with Crippen molar-refractivity contribution >= 4 is 29.7 Å². The Labute approximate surface area is 152 Å². The van der Waals surface area contributed by atoms with E-state index in [1.54, 1.807) is 23.6 Å². The largest absolute Gasteiger partial charge is 0.484 e. The maximum Gasteiger partial charge on any atom is 0.422 e. The van der Waals surface area contributed by atoms with Gasteiger partial charge in [0.25, 0.3) is 5.91 Å². The van der Waals surface area contributed by atoms with Crippen LogP contribution >= 0.6 is 23.7 Å². The van der Waals surface area contributed by atoms with Crippen molar-refractivity contribution in [1.82, 2.24) is 10.3 Å². The summed E-state index contributed by atoms with van der Waals surface area (Å²) in [5.74, 6) is -0.322. The first-order valence-electron chi connectivity index (χ1n) is 7.09. The number of carbonyl (C=O) groups is 1. The van der Waals surface area contributed by atoms with Gasteiger partial charge in [-0.3, -0.25) is 4.79 Å². The number of hydrogen-bond donors (Lipinski definition) is 2. The third-order valence-corrected chi connectivity index (χ3v) is 3.85. The highest BCUT2D eigenvalue weighted by Gasteiger charge is 2.28. The molecule has 0 radical (unpaired) electrons. The van der Waals surface area contributed by atoms with Crippen LogP contribution in [0, 0.1) is 0 Å². The second-order valence-corrected chi connectivity index (χ2v) is 5.80. The molecular weight excluding hydrogens is 379 g/mol. The van der Waals surface area contributed by atoms with Gasteiger partial charge in [0.15, 0.2) is 6.61 Å². The number of alkyl halides is 3. The number of ether oxygens (including phenoxy) is 1. The molecule has 1 aromatic carbocycles. The molecule has 5 nitrogen and oxygen atoms in total. The van der Waals surface area contributed by atoms with Crippen molar-refractivity contribution in [1.29, 1.82) is 0 Å². The quantitative estimate of drug-likeness (QED) is 0.755. The summed E-state index contributed by atoms with van der Waals surface area (Å²) in [6.45, 7) is -0.901. The third-order valence-electron chi connectivity index (χ3n) is 2.95. The highest BCUT2D eigenvalue weighted by molar-refractivity contribution is 7.09. The van der Waals surface area contributed by atoms with Crippen LogP contribution in [0.5, 0.6) is 5.75 Å². The van der Waals surface area contributed by atoms with Crippen LogP contribution in [0.2, 0.25) is 0 Å². The SMILES string of the molecule is Cl.NCCc1nc(C(=O)NCc2ccccc2OCC(F)(F)F)cs1. The van der Waals surface area contributed by atoms with Crippen molar-refractivity contribution in [2.45, 2.75) is 19.1 Å². The number of benzene rings is 1. The van der Waals surface area contributed by atoms with Gasteiger partial charge in [-0.15, -0.1) is 23.7 Å². The van der Waals surface area contributed by atoms with Crippen LogP contribution in [0.1, 0.15) is 21.1 Å². The summed E-state index contributed by atoms with van der Waals surface area (Å²) in [6, 6.07) is 6.24. The summed E-state index contributed by atoms with van der Waals surface area (Å²) in [5, 5.41) is 5.00. The molecule has 0 bridgehead atoms. The van der Waals surface area contributed by atoms with Crippen LogP contribution in [0.3, 0.4) is 0 Å². The van der Waals surface area contributed by atoms with Gasteiger partial charge in [0.2, 0.25) is 0 Å². The van der Waals surface area contributed by atoms with Crippen LogP contribution in [-0.2, 0) is 13.0 Å². The Morgan fingerprint density at radius 1 is 1.32 bits per heavy atom. The van der Waals surface area contributed by atoms with E-state index in [1.165, 1.54) is 17.4 Å². The monoisotopic (exact) mass is 395 g/mol. The number of para-hydroxylation sites is 1. The number of nitrogens with zero attached hydrogens (tertiary/aromatic N) is 1. The molecule has 1 amide bonds. The Morgan fingerprint density at radius 3 is 2.72 bits per heavy atom. The van der Waals surface area contributed by atoms with Gasteiger partial charge in [0, 0.05) is 23.9 Å². The highest BCUT2D eigenvalue weighted by Crippen LogP contribution is 2.22. The minimum absolute atomic E-state index is 0. The second-order valence-electron chi connectivity index (χ2n) is 4.86. The molecule has 138 valence electrons. The number of rotatable bonds is 7. The Bertz CT molecular complexity index is 695. The van der Waals surface area contributed by atoms with Gasteiger partial charge in [-0.1, -0.05) is 18.2 Å². The summed E-state index contributed by atoms with van der Waals surface area (Å²) in [5.41, 5.74) is 6.14. The van der Waals surface area contributed by atoms with Crippen molar-refractivity contribution in [2.75, 3.05) is 13.2 Å². The van der Waals surface area contributed by atoms with Gasteiger partial charge in [-0.2, -0.15) is 13.2 Å². The normalized spacial score (nSPS) is 10.9. The average Bonchev–Trinajstić information content (AvgIpc) is 3.00. The molecule has 2 aromatic rings. The minimum atomic E-state index is -4.42. The van der Waals surface area contributed by atoms with Crippen molar-refractivity contribution < 1.29 is 22.7 Å². The Kier molecular flexibility index (Phi) is 8.14. The standard InChI is InChI=1S/C15H16F3N3O2S.ClH/c16-15(17,18)9-23-12-4-2-1-3-10(12)7-20-14(22)11-8-24-13(21-11)5-6-19;/h1-4,8H,5-7,9,19H2,(H,20,22);1H. The van der Waals surface area contributed by atoms with E-state index < -0.39 is 18.7 Å². The Hall–Kier alpha value is -1.84. The zero-order valence-electron chi connectivity index (χ0n) is 13.0. The molecule has 1 heterocycles. The van der Waals surface area contributed by atoms with E-state index in [9.17, 15) is 18.0 Å². The molecular formula is C15H17ClF3N3O2S. The molecule has 3 N–H and O–H groups in total. The first kappa shape index (κ1) is 21.2. The molecule has 1 aromatic heterocycles. The number of aromatic nitrogens is 1. The number of nitrogens with two attached hydrogens (primary N) is 1. The maximum atomic E-state index is 12.3. The fraction of sp³-hybridized carbons (Fsp3) is 0.333. The van der Waals surface area contributed by atoms with Crippen LogP contribution in [-0.4, -0.2) is 30.2 Å². The van der Waals surface area contributed by atoms with E-state index in [2.05, 4.69) is 10.3 Å². The smallest absolute Gasteiger partial charge is 0.422 e. The maximum absolute atomic E-state index is 12.3. The zero-order chi connectivity index (χ0) is 17.6. The zero-order valence-corrected chi connectivity index (χ0v) is 14.6. The molecule has 0 saturated carbocycles. The van der Waals surface area contributed by atoms with Crippen LogP contribution < -0.4 is 15.8 Å². The predicted molar refractivity (Wildman–Crippen MR) is 91.3 cm³/mol. The fourth-order valence-corrected chi connectivity index (χ4v) is 2.66. The topological polar surface area (TPSA) is 77.2 Å². The molecule has 0 unspecified atom stereocenters. The molecule has 25 heavy (non-hydrogen) atoms. The van der Waals surface area contributed by atoms with Crippen molar-refractivity contribution in [3.8, 4) is 5.75 Å². The van der Waals surface area contributed by atoms with Gasteiger partial charge < -0.3 is 15.8 Å². The number of hydrogen-bond acceptors (Lipinski definition) is 5. The molecule has 10 heteroatoms. The van der Waals surface area contributed by atoms with Crippen LogP contribution in [0.25, 0.3) is 0 Å². The summed E-state index contributed by atoms with van der Waals surface area (Å²) in [7, 11) is 0. The minimum Gasteiger partial charge on any atom is -0.484 e. The van der Waals surface area contributed by atoms with Gasteiger partial charge in [0.1, 0.15) is 11.4 Å². The fourth-order valence-electron chi connectivity index (χ4n) is 1.87. The van der Waals surface area contributed by atoms with Crippen molar-refractivity contribution in [3.05, 3.63) is 45.9 Å². The number of halogens is 4. The van der Waals surface area contributed by atoms with Crippen molar-refractivity contribution in [2.24, 2.45) is 5.73 Å². The van der Waals surface area contributed by atoms with E-state index in [1.807, 2.05) is 0 Å². The summed E-state index contributed by atoms with van der Waals surface area (Å²) < 4.78 is 41.6. The lowest BCUT2D eigenvalue weighted by Gasteiger charge is -2.13. The molecule has 0 atom stereocenters. The Morgan fingerprint density at radius 2 is 2.04 bits per heavy atom. The lowest BCUT2D eigenvalue weighted by Crippen LogP contribution is -2.24. The summed E-state index contributed by atoms with van der Waals surface area (Å²) in [6.07, 6.45) is -3.83. The number of thiazole rings is 1. The summed E-state index contributed by atoms with van der Waals surface area (Å²) in [4.78, 5) is 16.2. The second kappa shape index (κ2) is 9.59. The molecule has 0 spiro atoms. The van der Waals surface area contributed by atoms with Gasteiger partial charge in [-0.05, 0) is 12.6 Å². The van der Waals surface area contributed by atoms with Gasteiger partial charge >= 0.3 is 6.18 Å². The predicted octanol–water partition coefficient (Wildman–Crippen LogP) is 2.94. The highest BCUT2D eigenvalue weighted by atomic mass is 35.5. The molecule has 2 rings (SSSR count). The van der Waals surface area contributed by atoms with E-state index in [0.717, 1.165) is 5.01 Å². The first-order chi connectivity index (χ1) is 11.4. The molecule has 0 aliphatic heterocycles. The van der Waals surface area contributed by atoms with Gasteiger partial charge in [-0.25, -0.2) is 4.98 Å². The van der Waals surface area contributed by atoms with E-state index in [0.29, 0.717) is 18.5 Å². The molecule has 0 fully saturated rings. The molecule has 0 aliphatic carbocycles. The third kappa shape index (κ3) is 6.89. The van der Waals surface area contributed by atoms with E-state index >= 15 is 0 Å². The van der Waals surface area contributed by atoms with E-state index in [-0.39, 0.29) is 30.4 Å². The van der Waals surface area contributed by atoms with Gasteiger partial charge in [0.05, 0.1) is 5.01 Å². The number of carbonyl (C=O) groups excluding carboxylic acids is 1. The Balaban J connectivity index is 0.00000312. The van der Waals surface area contributed by atoms with E-state index in [4.69, 9.17) is 10.5 Å². The van der Waals surface area contributed by atoms with Crippen LogP contribution in [0.4, 0.5) is 13.2 Å². The number of amides is 1. The van der Waals surface area contributed by atoms with Crippen LogP contribution in [0.15, 0.2) is 29.6 Å². The average molecular weight is 396 g/mol.